The number of nitrogens with zero attached hydrogens (tertiary/aromatic N) is 2. The smallest absolute Gasteiger partial charge is 0.244 e. The van der Waals surface area contributed by atoms with Crippen LogP contribution in [-0.2, 0) is 32.6 Å². The molecule has 2 amide bonds. The molecule has 0 aliphatic rings. The van der Waals surface area contributed by atoms with Gasteiger partial charge in [0.1, 0.15) is 18.4 Å². The number of rotatable bonds is 12. The second-order valence-electron chi connectivity index (χ2n) is 10.1. The molecule has 0 bridgehead atoms. The molecular formula is C31H38FN3O4S. The van der Waals surface area contributed by atoms with Crippen LogP contribution in [0.15, 0.2) is 72.8 Å². The van der Waals surface area contributed by atoms with Crippen LogP contribution in [0.3, 0.4) is 0 Å². The first kappa shape index (κ1) is 30.8. The molecule has 0 unspecified atom stereocenters. The van der Waals surface area contributed by atoms with Gasteiger partial charge >= 0.3 is 0 Å². The van der Waals surface area contributed by atoms with Gasteiger partial charge in [-0.05, 0) is 56.0 Å². The van der Waals surface area contributed by atoms with Gasteiger partial charge in [0.15, 0.2) is 0 Å². The zero-order chi connectivity index (χ0) is 29.4. The van der Waals surface area contributed by atoms with E-state index in [4.69, 9.17) is 0 Å². The molecule has 3 aromatic carbocycles. The summed E-state index contributed by atoms with van der Waals surface area (Å²) in [6, 6.07) is 19.4. The van der Waals surface area contributed by atoms with E-state index in [1.165, 1.54) is 11.0 Å². The average molecular weight is 568 g/mol. The van der Waals surface area contributed by atoms with Gasteiger partial charge in [-0.25, -0.2) is 12.8 Å². The topological polar surface area (TPSA) is 86.8 Å². The largest absolute Gasteiger partial charge is 0.352 e. The van der Waals surface area contributed by atoms with E-state index >= 15 is 0 Å². The lowest BCUT2D eigenvalue weighted by molar-refractivity contribution is -0.140. The Kier molecular flexibility index (Phi) is 10.5. The first-order chi connectivity index (χ1) is 18.9. The number of sulfonamides is 1. The normalized spacial score (nSPS) is 12.8. The van der Waals surface area contributed by atoms with E-state index in [-0.39, 0.29) is 30.5 Å². The van der Waals surface area contributed by atoms with E-state index < -0.39 is 34.3 Å². The van der Waals surface area contributed by atoms with E-state index in [1.54, 1.807) is 37.3 Å². The van der Waals surface area contributed by atoms with Crippen molar-refractivity contribution in [2.45, 2.75) is 59.2 Å². The van der Waals surface area contributed by atoms with Gasteiger partial charge in [-0.2, -0.15) is 0 Å². The standard InChI is InChI=1S/C31H38FN3O4S/c1-6-23(3)33-31(37)29(19-25-14-8-7-9-15-25)34(20-26-16-10-11-17-27(26)32)30(36)21-35(40(5,38)39)28-18-12-13-22(2)24(28)4/h7-18,23,29H,6,19-21H2,1-5H3,(H,33,37)/t23-,29+/m1/s1. The van der Waals surface area contributed by atoms with Crippen LogP contribution < -0.4 is 9.62 Å². The Labute approximate surface area is 237 Å². The summed E-state index contributed by atoms with van der Waals surface area (Å²) in [6.07, 6.45) is 1.89. The highest BCUT2D eigenvalue weighted by Crippen LogP contribution is 2.26. The summed E-state index contributed by atoms with van der Waals surface area (Å²) in [5, 5.41) is 2.96. The van der Waals surface area contributed by atoms with Gasteiger partial charge in [-0.15, -0.1) is 0 Å². The van der Waals surface area contributed by atoms with Crippen molar-refractivity contribution < 1.29 is 22.4 Å². The molecule has 0 heterocycles. The predicted molar refractivity (Wildman–Crippen MR) is 157 cm³/mol. The maximum Gasteiger partial charge on any atom is 0.244 e. The number of hydrogen-bond acceptors (Lipinski definition) is 4. The number of anilines is 1. The van der Waals surface area contributed by atoms with Gasteiger partial charge in [-0.1, -0.05) is 67.6 Å². The molecule has 214 valence electrons. The maximum absolute atomic E-state index is 14.8. The summed E-state index contributed by atoms with van der Waals surface area (Å²) in [5.74, 6) is -1.52. The van der Waals surface area contributed by atoms with E-state index in [9.17, 15) is 22.4 Å². The Bertz CT molecular complexity index is 1430. The van der Waals surface area contributed by atoms with Crippen LogP contribution >= 0.6 is 0 Å². The lowest BCUT2D eigenvalue weighted by Gasteiger charge is -2.34. The van der Waals surface area contributed by atoms with Crippen LogP contribution in [0.2, 0.25) is 0 Å². The molecule has 7 nitrogen and oxygen atoms in total. The first-order valence-corrected chi connectivity index (χ1v) is 15.2. The quantitative estimate of drug-likeness (QED) is 0.342. The van der Waals surface area contributed by atoms with Gasteiger partial charge < -0.3 is 10.2 Å². The van der Waals surface area contributed by atoms with E-state index in [0.717, 1.165) is 27.3 Å². The molecule has 0 aliphatic carbocycles. The molecule has 0 saturated carbocycles. The molecule has 9 heteroatoms. The molecule has 0 aliphatic heterocycles. The van der Waals surface area contributed by atoms with Crippen LogP contribution in [0, 0.1) is 19.7 Å². The van der Waals surface area contributed by atoms with Crippen LogP contribution in [0.25, 0.3) is 0 Å². The Balaban J connectivity index is 2.10. The summed E-state index contributed by atoms with van der Waals surface area (Å²) < 4.78 is 41.8. The van der Waals surface area contributed by atoms with Crippen LogP contribution in [0.1, 0.15) is 42.5 Å². The molecule has 3 rings (SSSR count). The highest BCUT2D eigenvalue weighted by Gasteiger charge is 2.34. The van der Waals surface area contributed by atoms with Crippen molar-refractivity contribution in [1.82, 2.24) is 10.2 Å². The minimum Gasteiger partial charge on any atom is -0.352 e. The molecule has 1 N–H and O–H groups in total. The van der Waals surface area contributed by atoms with Crippen molar-refractivity contribution in [2.24, 2.45) is 0 Å². The molecule has 0 spiro atoms. The van der Waals surface area contributed by atoms with E-state index in [2.05, 4.69) is 5.32 Å². The molecule has 0 fully saturated rings. The molecule has 0 saturated heterocycles. The molecular weight excluding hydrogens is 529 g/mol. The van der Waals surface area contributed by atoms with Gasteiger partial charge in [0, 0.05) is 24.6 Å². The second-order valence-corrected chi connectivity index (χ2v) is 12.0. The number of nitrogens with one attached hydrogen (secondary N) is 1. The maximum atomic E-state index is 14.8. The Morgan fingerprint density at radius 2 is 1.60 bits per heavy atom. The van der Waals surface area contributed by atoms with Gasteiger partial charge in [-0.3, -0.25) is 13.9 Å². The lowest BCUT2D eigenvalue weighted by atomic mass is 10.0. The Hall–Kier alpha value is -3.72. The minimum absolute atomic E-state index is 0.154. The van der Waals surface area contributed by atoms with Crippen LogP contribution in [0.4, 0.5) is 10.1 Å². The average Bonchev–Trinajstić information content (AvgIpc) is 2.91. The number of aryl methyl sites for hydroxylation is 1. The SMILES string of the molecule is CC[C@@H](C)NC(=O)[C@H](Cc1ccccc1)N(Cc1ccccc1F)C(=O)CN(c1cccc(C)c1C)S(C)(=O)=O. The third-order valence-electron chi connectivity index (χ3n) is 7.09. The number of hydrogen-bond donors (Lipinski definition) is 1. The summed E-state index contributed by atoms with van der Waals surface area (Å²) in [5.41, 5.74) is 3.01. The molecule has 2 atom stereocenters. The fraction of sp³-hybridized carbons (Fsp3) is 0.355. The van der Waals surface area contributed by atoms with Crippen LogP contribution in [0.5, 0.6) is 0 Å². The van der Waals surface area contributed by atoms with Crippen molar-refractivity contribution in [2.75, 3.05) is 17.1 Å². The van der Waals surface area contributed by atoms with Gasteiger partial charge in [0.05, 0.1) is 11.9 Å². The molecule has 0 aromatic heterocycles. The van der Waals surface area contributed by atoms with E-state index in [0.29, 0.717) is 12.1 Å². The highest BCUT2D eigenvalue weighted by molar-refractivity contribution is 7.92. The molecule has 40 heavy (non-hydrogen) atoms. The number of halogens is 1. The summed E-state index contributed by atoms with van der Waals surface area (Å²) in [6.45, 7) is 6.71. The van der Waals surface area contributed by atoms with Crippen molar-refractivity contribution in [3.05, 3.63) is 101 Å². The minimum atomic E-state index is -3.88. The third kappa shape index (κ3) is 7.91. The number of carbonyl (C=O) groups excluding carboxylic acids is 2. The predicted octanol–water partition coefficient (Wildman–Crippen LogP) is 4.76. The second kappa shape index (κ2) is 13.6. The summed E-state index contributed by atoms with van der Waals surface area (Å²) >= 11 is 0. The first-order valence-electron chi connectivity index (χ1n) is 13.3. The number of carbonyl (C=O) groups is 2. The Morgan fingerprint density at radius 3 is 2.23 bits per heavy atom. The van der Waals surface area contributed by atoms with Crippen LogP contribution in [-0.4, -0.2) is 50.0 Å². The Morgan fingerprint density at radius 1 is 0.950 bits per heavy atom. The number of amides is 2. The molecule has 0 radical (unpaired) electrons. The fourth-order valence-electron chi connectivity index (χ4n) is 4.41. The lowest BCUT2D eigenvalue weighted by Crippen LogP contribution is -2.54. The number of benzene rings is 3. The fourth-order valence-corrected chi connectivity index (χ4v) is 5.31. The van der Waals surface area contributed by atoms with Crippen molar-refractivity contribution in [3.8, 4) is 0 Å². The van der Waals surface area contributed by atoms with E-state index in [1.807, 2.05) is 57.2 Å². The highest BCUT2D eigenvalue weighted by atomic mass is 32.2. The van der Waals surface area contributed by atoms with Crippen molar-refractivity contribution in [3.63, 3.8) is 0 Å². The summed E-state index contributed by atoms with van der Waals surface area (Å²) in [4.78, 5) is 29.1. The third-order valence-corrected chi connectivity index (χ3v) is 8.22. The van der Waals surface area contributed by atoms with Gasteiger partial charge in [0.2, 0.25) is 21.8 Å². The monoisotopic (exact) mass is 567 g/mol. The zero-order valence-corrected chi connectivity index (χ0v) is 24.5. The van der Waals surface area contributed by atoms with Crippen molar-refractivity contribution >= 4 is 27.5 Å². The van der Waals surface area contributed by atoms with Crippen molar-refractivity contribution in [1.29, 1.82) is 0 Å². The molecule has 3 aromatic rings. The van der Waals surface area contributed by atoms with Gasteiger partial charge in [0.25, 0.3) is 0 Å². The zero-order valence-electron chi connectivity index (χ0n) is 23.7. The summed E-state index contributed by atoms with van der Waals surface area (Å²) in [7, 11) is -3.88.